The molecule has 0 radical (unpaired) electrons. The molecule has 3 amide bonds. The number of aliphatic carboxylic acids is 1. The van der Waals surface area contributed by atoms with Crippen molar-refractivity contribution in [2.45, 2.75) is 19.3 Å². The summed E-state index contributed by atoms with van der Waals surface area (Å²) in [7, 11) is 0. The van der Waals surface area contributed by atoms with Crippen LogP contribution in [0, 0.1) is 0 Å². The topological polar surface area (TPSA) is 95.5 Å². The molecule has 1 aromatic rings. The van der Waals surface area contributed by atoms with Crippen molar-refractivity contribution in [1.82, 2.24) is 10.6 Å². The summed E-state index contributed by atoms with van der Waals surface area (Å²) < 4.78 is 0. The summed E-state index contributed by atoms with van der Waals surface area (Å²) in [5.41, 5.74) is 1.12. The molecule has 1 rings (SSSR count). The monoisotopic (exact) mass is 270 g/mol. The van der Waals surface area contributed by atoms with Crippen molar-refractivity contribution < 1.29 is 19.5 Å². The minimum absolute atomic E-state index is 0.201. The maximum atomic E-state index is 11.2. The van der Waals surface area contributed by atoms with E-state index >= 15 is 0 Å². The average Bonchev–Trinajstić information content (AvgIpc) is 2.79. The first-order chi connectivity index (χ1) is 8.58. The van der Waals surface area contributed by atoms with Gasteiger partial charge >= 0.3 is 12.0 Å². The molecule has 6 nitrogen and oxygen atoms in total. The molecular weight excluding hydrogens is 256 g/mol. The molecule has 0 unspecified atom stereocenters. The molecule has 0 aliphatic rings. The predicted molar refractivity (Wildman–Crippen MR) is 66.4 cm³/mol. The number of hydrogen-bond acceptors (Lipinski definition) is 4. The summed E-state index contributed by atoms with van der Waals surface area (Å²) in [6.45, 7) is 0.425. The Balaban J connectivity index is 2.13. The van der Waals surface area contributed by atoms with Crippen LogP contribution in [0.2, 0.25) is 0 Å². The Kier molecular flexibility index (Phi) is 5.86. The van der Waals surface area contributed by atoms with E-state index in [0.717, 1.165) is 5.56 Å². The van der Waals surface area contributed by atoms with Crippen LogP contribution in [-0.4, -0.2) is 29.6 Å². The second kappa shape index (κ2) is 7.44. The van der Waals surface area contributed by atoms with Crippen LogP contribution < -0.4 is 10.6 Å². The van der Waals surface area contributed by atoms with E-state index in [9.17, 15) is 14.4 Å². The summed E-state index contributed by atoms with van der Waals surface area (Å²) in [6.07, 6.45) is 0.210. The number of carbonyl (C=O) groups excluding carboxylic acids is 2. The van der Waals surface area contributed by atoms with Crippen molar-refractivity contribution in [1.29, 1.82) is 0 Å². The van der Waals surface area contributed by atoms with Gasteiger partial charge in [0.1, 0.15) is 0 Å². The van der Waals surface area contributed by atoms with Crippen LogP contribution in [0.5, 0.6) is 0 Å². The number of imide groups is 1. The van der Waals surface area contributed by atoms with Gasteiger partial charge in [0, 0.05) is 13.0 Å². The Morgan fingerprint density at radius 1 is 1.28 bits per heavy atom. The minimum Gasteiger partial charge on any atom is -0.481 e. The van der Waals surface area contributed by atoms with Gasteiger partial charge in [0.2, 0.25) is 5.91 Å². The smallest absolute Gasteiger partial charge is 0.321 e. The van der Waals surface area contributed by atoms with Gasteiger partial charge in [0.25, 0.3) is 0 Å². The molecule has 1 heterocycles. The zero-order chi connectivity index (χ0) is 13.4. The Morgan fingerprint density at radius 3 is 2.67 bits per heavy atom. The van der Waals surface area contributed by atoms with Crippen LogP contribution in [0.3, 0.4) is 0 Å². The van der Waals surface area contributed by atoms with Crippen LogP contribution >= 0.6 is 11.3 Å². The Hall–Kier alpha value is -1.89. The molecule has 0 atom stereocenters. The van der Waals surface area contributed by atoms with E-state index in [1.807, 2.05) is 16.8 Å². The largest absolute Gasteiger partial charge is 0.481 e. The second-order valence-electron chi connectivity index (χ2n) is 3.58. The molecule has 98 valence electrons. The SMILES string of the molecule is O=C(O)CCC(=O)NC(=O)NCCc1ccsc1. The third-order valence-corrected chi connectivity index (χ3v) is 2.83. The number of carbonyl (C=O) groups is 3. The highest BCUT2D eigenvalue weighted by molar-refractivity contribution is 7.07. The molecule has 18 heavy (non-hydrogen) atoms. The number of carboxylic acid groups (broad SMARTS) is 1. The summed E-state index contributed by atoms with van der Waals surface area (Å²) in [5.74, 6) is -1.66. The first-order valence-corrected chi connectivity index (χ1v) is 6.33. The van der Waals surface area contributed by atoms with Crippen molar-refractivity contribution >= 4 is 29.2 Å². The van der Waals surface area contributed by atoms with Gasteiger partial charge in [0.05, 0.1) is 6.42 Å². The number of rotatable bonds is 6. The number of hydrogen-bond donors (Lipinski definition) is 3. The lowest BCUT2D eigenvalue weighted by Crippen LogP contribution is -2.40. The molecule has 0 saturated heterocycles. The highest BCUT2D eigenvalue weighted by atomic mass is 32.1. The standard InChI is InChI=1S/C11H14N2O4S/c14-9(1-2-10(15)16)13-11(17)12-5-3-8-4-6-18-7-8/h4,6-7H,1-3,5H2,(H,15,16)(H2,12,13,14,17). The molecule has 0 aliphatic carbocycles. The van der Waals surface area contributed by atoms with Crippen molar-refractivity contribution in [3.05, 3.63) is 22.4 Å². The van der Waals surface area contributed by atoms with E-state index in [1.165, 1.54) is 0 Å². The molecule has 0 aromatic carbocycles. The van der Waals surface area contributed by atoms with Crippen molar-refractivity contribution in [3.63, 3.8) is 0 Å². The van der Waals surface area contributed by atoms with E-state index in [1.54, 1.807) is 11.3 Å². The molecule has 0 saturated carbocycles. The lowest BCUT2D eigenvalue weighted by molar-refractivity contribution is -0.138. The maximum absolute atomic E-state index is 11.2. The fourth-order valence-corrected chi connectivity index (χ4v) is 1.91. The van der Waals surface area contributed by atoms with E-state index in [4.69, 9.17) is 5.11 Å². The zero-order valence-corrected chi connectivity index (χ0v) is 10.5. The zero-order valence-electron chi connectivity index (χ0n) is 9.64. The Bertz CT molecular complexity index is 417. The minimum atomic E-state index is -1.07. The van der Waals surface area contributed by atoms with Crippen LogP contribution in [0.15, 0.2) is 16.8 Å². The molecular formula is C11H14N2O4S. The van der Waals surface area contributed by atoms with Crippen molar-refractivity contribution in [2.24, 2.45) is 0 Å². The highest BCUT2D eigenvalue weighted by Crippen LogP contribution is 2.05. The molecule has 0 spiro atoms. The third-order valence-electron chi connectivity index (χ3n) is 2.10. The van der Waals surface area contributed by atoms with Gasteiger partial charge in [-0.25, -0.2) is 4.79 Å². The van der Waals surface area contributed by atoms with Gasteiger partial charge in [-0.3, -0.25) is 14.9 Å². The fraction of sp³-hybridized carbons (Fsp3) is 0.364. The molecule has 1 aromatic heterocycles. The number of amides is 3. The van der Waals surface area contributed by atoms with E-state index in [0.29, 0.717) is 13.0 Å². The number of nitrogens with one attached hydrogen (secondary N) is 2. The Morgan fingerprint density at radius 2 is 2.06 bits per heavy atom. The van der Waals surface area contributed by atoms with Crippen LogP contribution in [-0.2, 0) is 16.0 Å². The van der Waals surface area contributed by atoms with Gasteiger partial charge in [0.15, 0.2) is 0 Å². The van der Waals surface area contributed by atoms with Crippen LogP contribution in [0.4, 0.5) is 4.79 Å². The molecule has 3 N–H and O–H groups in total. The fourth-order valence-electron chi connectivity index (χ4n) is 1.21. The summed E-state index contributed by atoms with van der Waals surface area (Å²) >= 11 is 1.58. The molecule has 0 aliphatic heterocycles. The summed E-state index contributed by atoms with van der Waals surface area (Å²) in [4.78, 5) is 32.6. The third kappa shape index (κ3) is 6.00. The van der Waals surface area contributed by atoms with E-state index in [2.05, 4.69) is 10.6 Å². The first-order valence-electron chi connectivity index (χ1n) is 5.38. The first kappa shape index (κ1) is 14.2. The van der Waals surface area contributed by atoms with Crippen molar-refractivity contribution in [3.8, 4) is 0 Å². The summed E-state index contributed by atoms with van der Waals surface area (Å²) in [6, 6.07) is 1.36. The number of urea groups is 1. The Labute approximate surface area is 108 Å². The van der Waals surface area contributed by atoms with Crippen LogP contribution in [0.1, 0.15) is 18.4 Å². The van der Waals surface area contributed by atoms with Crippen molar-refractivity contribution in [2.75, 3.05) is 6.54 Å². The maximum Gasteiger partial charge on any atom is 0.321 e. The molecule has 0 fully saturated rings. The summed E-state index contributed by atoms with van der Waals surface area (Å²) in [5, 5.41) is 16.9. The lowest BCUT2D eigenvalue weighted by Gasteiger charge is -2.05. The second-order valence-corrected chi connectivity index (χ2v) is 4.36. The highest BCUT2D eigenvalue weighted by Gasteiger charge is 2.08. The van der Waals surface area contributed by atoms with Crippen LogP contribution in [0.25, 0.3) is 0 Å². The van der Waals surface area contributed by atoms with E-state index < -0.39 is 17.9 Å². The molecule has 7 heteroatoms. The van der Waals surface area contributed by atoms with Gasteiger partial charge in [-0.15, -0.1) is 0 Å². The quantitative estimate of drug-likeness (QED) is 0.718. The van der Waals surface area contributed by atoms with Gasteiger partial charge in [-0.1, -0.05) is 0 Å². The van der Waals surface area contributed by atoms with Gasteiger partial charge in [-0.05, 0) is 28.8 Å². The average molecular weight is 270 g/mol. The van der Waals surface area contributed by atoms with Gasteiger partial charge < -0.3 is 10.4 Å². The lowest BCUT2D eigenvalue weighted by atomic mass is 10.2. The van der Waals surface area contributed by atoms with E-state index in [-0.39, 0.29) is 12.8 Å². The number of thiophene rings is 1. The molecule has 0 bridgehead atoms. The predicted octanol–water partition coefficient (Wildman–Crippen LogP) is 0.981. The number of carboxylic acids is 1. The van der Waals surface area contributed by atoms with Gasteiger partial charge in [-0.2, -0.15) is 11.3 Å². The normalized spacial score (nSPS) is 9.78.